The smallest absolute Gasteiger partial charge is 0.0653 e. The van der Waals surface area contributed by atoms with Gasteiger partial charge in [0.1, 0.15) is 0 Å². The van der Waals surface area contributed by atoms with Gasteiger partial charge in [0.15, 0.2) is 0 Å². The predicted molar refractivity (Wildman–Crippen MR) is 70.6 cm³/mol. The normalized spacial score (nSPS) is 29.1. The number of rotatable bonds is 9. The molecule has 1 heteroatoms. The van der Waals surface area contributed by atoms with Gasteiger partial charge in [-0.3, -0.25) is 0 Å². The van der Waals surface area contributed by atoms with Crippen molar-refractivity contribution in [2.24, 2.45) is 5.92 Å². The van der Waals surface area contributed by atoms with E-state index in [4.69, 9.17) is 0 Å². The molecule has 0 unspecified atom stereocenters. The van der Waals surface area contributed by atoms with Gasteiger partial charge < -0.3 is 5.11 Å². The summed E-state index contributed by atoms with van der Waals surface area (Å²) in [4.78, 5) is 0. The molecule has 0 atom stereocenters. The third-order valence-corrected chi connectivity index (χ3v) is 3.95. The van der Waals surface area contributed by atoms with Gasteiger partial charge in [0.2, 0.25) is 0 Å². The molecule has 0 aromatic rings. The third-order valence-electron chi connectivity index (χ3n) is 3.95. The Balaban J connectivity index is 1.81. The van der Waals surface area contributed by atoms with Crippen molar-refractivity contribution in [3.63, 3.8) is 0 Å². The molecule has 0 heterocycles. The summed E-state index contributed by atoms with van der Waals surface area (Å²) in [6.07, 6.45) is 14.0. The van der Waals surface area contributed by atoms with Crippen LogP contribution in [0.25, 0.3) is 0 Å². The van der Waals surface area contributed by atoms with Crippen LogP contribution in [0.5, 0.6) is 0 Å². The molecular formula is C15H30O. The maximum absolute atomic E-state index is 10.1. The van der Waals surface area contributed by atoms with Gasteiger partial charge in [0.05, 0.1) is 5.60 Å². The lowest BCUT2D eigenvalue weighted by Crippen LogP contribution is -2.42. The molecule has 0 aromatic carbocycles. The van der Waals surface area contributed by atoms with Crippen molar-refractivity contribution in [2.75, 3.05) is 0 Å². The van der Waals surface area contributed by atoms with Crippen molar-refractivity contribution >= 4 is 0 Å². The van der Waals surface area contributed by atoms with E-state index in [1.54, 1.807) is 0 Å². The van der Waals surface area contributed by atoms with Gasteiger partial charge in [-0.15, -0.1) is 0 Å². The van der Waals surface area contributed by atoms with E-state index in [0.717, 1.165) is 25.2 Å². The van der Waals surface area contributed by atoms with Crippen LogP contribution in [0.2, 0.25) is 0 Å². The number of aliphatic hydroxyl groups is 1. The molecule has 1 nitrogen and oxygen atoms in total. The van der Waals surface area contributed by atoms with Crippen molar-refractivity contribution in [3.8, 4) is 0 Å². The number of hydrogen-bond donors (Lipinski definition) is 1. The molecule has 1 aliphatic carbocycles. The Kier molecular flexibility index (Phi) is 6.41. The highest BCUT2D eigenvalue weighted by Gasteiger charge is 2.38. The maximum atomic E-state index is 10.1. The van der Waals surface area contributed by atoms with Crippen molar-refractivity contribution in [3.05, 3.63) is 0 Å². The largest absolute Gasteiger partial charge is 0.390 e. The highest BCUT2D eigenvalue weighted by Crippen LogP contribution is 2.40. The summed E-state index contributed by atoms with van der Waals surface area (Å²) in [5, 5.41) is 10.1. The molecule has 0 spiro atoms. The summed E-state index contributed by atoms with van der Waals surface area (Å²) in [7, 11) is 0. The zero-order valence-corrected chi connectivity index (χ0v) is 11.3. The molecule has 0 radical (unpaired) electrons. The van der Waals surface area contributed by atoms with Crippen LogP contribution in [0.3, 0.4) is 0 Å². The fraction of sp³-hybridized carbons (Fsp3) is 1.00. The predicted octanol–water partition coefficient (Wildman–Crippen LogP) is 4.68. The molecule has 96 valence electrons. The zero-order valence-electron chi connectivity index (χ0n) is 11.3. The van der Waals surface area contributed by atoms with Crippen LogP contribution in [0, 0.1) is 5.92 Å². The first-order valence-electron chi connectivity index (χ1n) is 7.39. The first kappa shape index (κ1) is 14.0. The molecule has 0 aromatic heterocycles. The van der Waals surface area contributed by atoms with E-state index in [1.165, 1.54) is 51.4 Å². The Morgan fingerprint density at radius 2 is 1.44 bits per heavy atom. The molecular weight excluding hydrogens is 196 g/mol. The Morgan fingerprint density at radius 1 is 0.938 bits per heavy atom. The van der Waals surface area contributed by atoms with Crippen LogP contribution in [-0.4, -0.2) is 10.7 Å². The fourth-order valence-corrected chi connectivity index (χ4v) is 3.03. The van der Waals surface area contributed by atoms with Crippen molar-refractivity contribution in [1.29, 1.82) is 0 Å². The highest BCUT2D eigenvalue weighted by atomic mass is 16.3. The van der Waals surface area contributed by atoms with Gasteiger partial charge in [-0.05, 0) is 25.2 Å². The second kappa shape index (κ2) is 7.32. The molecule has 1 saturated carbocycles. The molecule has 0 amide bonds. The minimum Gasteiger partial charge on any atom is -0.390 e. The summed E-state index contributed by atoms with van der Waals surface area (Å²) in [5.74, 6) is 0.763. The summed E-state index contributed by atoms with van der Waals surface area (Å²) >= 11 is 0. The standard InChI is InChI=1S/C15H30O/c1-3-4-5-6-7-8-9-10-11-15(16)12-14(2)13-15/h14,16H,3-13H2,1-2H3. The average molecular weight is 226 g/mol. The van der Waals surface area contributed by atoms with E-state index in [1.807, 2.05) is 0 Å². The quantitative estimate of drug-likeness (QED) is 0.566. The Bertz CT molecular complexity index is 170. The molecule has 1 N–H and O–H groups in total. The van der Waals surface area contributed by atoms with Crippen molar-refractivity contribution in [2.45, 2.75) is 90.1 Å². The van der Waals surface area contributed by atoms with E-state index >= 15 is 0 Å². The fourth-order valence-electron chi connectivity index (χ4n) is 3.03. The number of hydrogen-bond acceptors (Lipinski definition) is 1. The van der Waals surface area contributed by atoms with Gasteiger partial charge >= 0.3 is 0 Å². The SMILES string of the molecule is CCCCCCCCCCC1(O)CC(C)C1. The molecule has 1 rings (SSSR count). The Hall–Kier alpha value is -0.0400. The van der Waals surface area contributed by atoms with E-state index in [9.17, 15) is 5.11 Å². The van der Waals surface area contributed by atoms with Crippen molar-refractivity contribution in [1.82, 2.24) is 0 Å². The molecule has 0 aliphatic heterocycles. The van der Waals surface area contributed by atoms with Crippen LogP contribution < -0.4 is 0 Å². The van der Waals surface area contributed by atoms with E-state index in [0.29, 0.717) is 0 Å². The van der Waals surface area contributed by atoms with Gasteiger partial charge in [-0.2, -0.15) is 0 Å². The Morgan fingerprint density at radius 3 is 1.94 bits per heavy atom. The van der Waals surface area contributed by atoms with E-state index < -0.39 is 0 Å². The third kappa shape index (κ3) is 5.34. The monoisotopic (exact) mass is 226 g/mol. The summed E-state index contributed by atoms with van der Waals surface area (Å²) in [6.45, 7) is 4.50. The van der Waals surface area contributed by atoms with Crippen LogP contribution in [0.4, 0.5) is 0 Å². The van der Waals surface area contributed by atoms with Crippen molar-refractivity contribution < 1.29 is 5.11 Å². The van der Waals surface area contributed by atoms with Crippen LogP contribution in [-0.2, 0) is 0 Å². The first-order chi connectivity index (χ1) is 7.66. The van der Waals surface area contributed by atoms with Crippen LogP contribution in [0.1, 0.15) is 84.5 Å². The van der Waals surface area contributed by atoms with Gasteiger partial charge in [0, 0.05) is 0 Å². The summed E-state index contributed by atoms with van der Waals surface area (Å²) in [6, 6.07) is 0. The molecule has 16 heavy (non-hydrogen) atoms. The van der Waals surface area contributed by atoms with Crippen LogP contribution >= 0.6 is 0 Å². The molecule has 1 aliphatic rings. The summed E-state index contributed by atoms with van der Waals surface area (Å²) in [5.41, 5.74) is -0.262. The zero-order chi connectivity index (χ0) is 11.9. The van der Waals surface area contributed by atoms with Gasteiger partial charge in [0.25, 0.3) is 0 Å². The second-order valence-electron chi connectivity index (χ2n) is 5.96. The van der Waals surface area contributed by atoms with E-state index in [2.05, 4.69) is 13.8 Å². The minimum atomic E-state index is -0.262. The molecule has 1 fully saturated rings. The topological polar surface area (TPSA) is 20.2 Å². The Labute approximate surface area is 102 Å². The lowest BCUT2D eigenvalue weighted by molar-refractivity contribution is -0.0750. The lowest BCUT2D eigenvalue weighted by atomic mass is 9.69. The first-order valence-corrected chi connectivity index (χ1v) is 7.39. The summed E-state index contributed by atoms with van der Waals surface area (Å²) < 4.78 is 0. The van der Waals surface area contributed by atoms with Gasteiger partial charge in [-0.25, -0.2) is 0 Å². The van der Waals surface area contributed by atoms with Crippen LogP contribution in [0.15, 0.2) is 0 Å². The molecule has 0 bridgehead atoms. The van der Waals surface area contributed by atoms with E-state index in [-0.39, 0.29) is 5.60 Å². The highest BCUT2D eigenvalue weighted by molar-refractivity contribution is 4.91. The minimum absolute atomic E-state index is 0.262. The number of unbranched alkanes of at least 4 members (excludes halogenated alkanes) is 7. The molecule has 0 saturated heterocycles. The lowest BCUT2D eigenvalue weighted by Gasteiger charge is -2.42. The maximum Gasteiger partial charge on any atom is 0.0653 e. The second-order valence-corrected chi connectivity index (χ2v) is 5.96. The van der Waals surface area contributed by atoms with Gasteiger partial charge in [-0.1, -0.05) is 65.2 Å². The average Bonchev–Trinajstić information content (AvgIpc) is 2.20.